The number of aliphatic hydroxyl groups excluding tert-OH is 3. The summed E-state index contributed by atoms with van der Waals surface area (Å²) in [5, 5.41) is 57.5. The number of ketones is 2. The summed E-state index contributed by atoms with van der Waals surface area (Å²) in [4.78, 5) is 52.0. The molecule has 0 saturated heterocycles. The minimum atomic E-state index is -2.97. The van der Waals surface area contributed by atoms with E-state index in [-0.39, 0.29) is 17.9 Å². The quantitative estimate of drug-likeness (QED) is 0.149. The molecular weight excluding hydrogens is 572 g/mol. The van der Waals surface area contributed by atoms with Gasteiger partial charge in [-0.15, -0.1) is 0 Å². The highest BCUT2D eigenvalue weighted by Crippen LogP contribution is 2.57. The fourth-order valence-corrected chi connectivity index (χ4v) is 7.03. The Bertz CT molecular complexity index is 1440. The summed E-state index contributed by atoms with van der Waals surface area (Å²) in [6.07, 6.45) is -0.663. The molecule has 0 heterocycles. The number of aromatic hydroxyl groups is 1. The van der Waals surface area contributed by atoms with Gasteiger partial charge >= 0.3 is 5.97 Å². The molecule has 0 spiro atoms. The second-order valence-electron chi connectivity index (χ2n) is 12.3. The zero-order valence-corrected chi connectivity index (χ0v) is 26.5. The average molecular weight is 617 g/mol. The number of nitrogens with two attached hydrogens (primary N) is 1. The number of aliphatic hydroxyl groups is 4. The third kappa shape index (κ3) is 5.18. The molecule has 0 unspecified atom stereocenters. The van der Waals surface area contributed by atoms with Gasteiger partial charge in [-0.05, 0) is 43.8 Å². The molecule has 3 aliphatic carbocycles. The molecule has 12 heteroatoms. The molecule has 242 valence electrons. The fourth-order valence-electron chi connectivity index (χ4n) is 7.03. The van der Waals surface area contributed by atoms with E-state index < -0.39 is 87.0 Å². The van der Waals surface area contributed by atoms with Crippen LogP contribution in [-0.2, 0) is 29.3 Å². The van der Waals surface area contributed by atoms with Crippen LogP contribution in [0.3, 0.4) is 0 Å². The number of esters is 1. The van der Waals surface area contributed by atoms with Crippen molar-refractivity contribution in [3.05, 3.63) is 45.7 Å². The number of hydrogen-bond donors (Lipinski definition) is 6. The van der Waals surface area contributed by atoms with Gasteiger partial charge < -0.3 is 36.0 Å². The van der Waals surface area contributed by atoms with Crippen LogP contribution in [-0.4, -0.2) is 92.3 Å². The lowest BCUT2D eigenvalue weighted by molar-refractivity contribution is -0.169. The van der Waals surface area contributed by atoms with Crippen LogP contribution in [0.25, 0.3) is 5.76 Å². The van der Waals surface area contributed by atoms with Gasteiger partial charge in [-0.3, -0.25) is 24.1 Å². The van der Waals surface area contributed by atoms with Crippen LogP contribution in [0.5, 0.6) is 5.75 Å². The second-order valence-corrected chi connectivity index (χ2v) is 12.3. The van der Waals surface area contributed by atoms with Crippen molar-refractivity contribution in [1.29, 1.82) is 0 Å². The number of hydrogen-bond acceptors (Lipinski definition) is 11. The van der Waals surface area contributed by atoms with Crippen molar-refractivity contribution in [2.75, 3.05) is 20.7 Å². The molecule has 1 aromatic carbocycles. The molecule has 1 aromatic rings. The number of carbonyl (C=O) groups excluding carboxylic acids is 4. The first kappa shape index (κ1) is 34.7. The summed E-state index contributed by atoms with van der Waals surface area (Å²) in [7, 11) is 2.91. The number of Topliss-reactive ketones (excluding diaryl/α,β-unsaturated/α-hetero) is 2. The molecule has 3 aliphatic rings. The van der Waals surface area contributed by atoms with E-state index in [9.17, 15) is 44.7 Å². The van der Waals surface area contributed by atoms with Crippen LogP contribution in [0, 0.1) is 11.8 Å². The van der Waals surface area contributed by atoms with Crippen LogP contribution in [0.4, 0.5) is 0 Å². The highest BCUT2D eigenvalue weighted by molar-refractivity contribution is 6.24. The van der Waals surface area contributed by atoms with Gasteiger partial charge in [0.25, 0.3) is 5.91 Å². The zero-order valence-electron chi connectivity index (χ0n) is 26.5. The number of primary amides is 1. The van der Waals surface area contributed by atoms with Crippen LogP contribution in [0.1, 0.15) is 77.0 Å². The lowest BCUT2D eigenvalue weighted by Gasteiger charge is -2.53. The van der Waals surface area contributed by atoms with E-state index in [4.69, 9.17) is 10.5 Å². The Morgan fingerprint density at radius 2 is 1.70 bits per heavy atom. The monoisotopic (exact) mass is 616 g/mol. The normalized spacial score (nSPS) is 28.1. The van der Waals surface area contributed by atoms with E-state index in [1.54, 1.807) is 19.1 Å². The molecule has 7 N–H and O–H groups in total. The number of phenolic OH excluding ortho intramolecular Hbond substituents is 1. The van der Waals surface area contributed by atoms with Crippen molar-refractivity contribution in [3.8, 4) is 5.75 Å². The molecule has 0 radical (unpaired) electrons. The number of amides is 1. The number of fused-ring (bicyclic) bond motifs is 3. The van der Waals surface area contributed by atoms with Gasteiger partial charge in [0.15, 0.2) is 11.4 Å². The SMILES string of the molecule is CC.CC(=O)OCCCC(C)(C)c1ccc2c(c1O)C(O)=C1C(=O)[C@]3(O)C(O)=C(C(N)=O)C(=O)[C@@H](N(C)C)[C@@H]3[C@@H](O)[C@@H]1[C@H]2C. The van der Waals surface area contributed by atoms with Crippen LogP contribution in [0.2, 0.25) is 0 Å². The largest absolute Gasteiger partial charge is 0.508 e. The van der Waals surface area contributed by atoms with Gasteiger partial charge in [-0.1, -0.05) is 46.8 Å². The predicted molar refractivity (Wildman–Crippen MR) is 161 cm³/mol. The van der Waals surface area contributed by atoms with Gasteiger partial charge in [0.1, 0.15) is 22.8 Å². The maximum Gasteiger partial charge on any atom is 0.302 e. The number of nitrogens with zero attached hydrogens (tertiary/aromatic N) is 1. The maximum absolute atomic E-state index is 14.1. The van der Waals surface area contributed by atoms with E-state index >= 15 is 0 Å². The number of carbonyl (C=O) groups is 4. The minimum absolute atomic E-state index is 0.0587. The smallest absolute Gasteiger partial charge is 0.302 e. The first-order valence-electron chi connectivity index (χ1n) is 14.7. The molecule has 12 nitrogen and oxygen atoms in total. The summed E-state index contributed by atoms with van der Waals surface area (Å²) >= 11 is 0. The average Bonchev–Trinajstić information content (AvgIpc) is 2.93. The van der Waals surface area contributed by atoms with Gasteiger partial charge in [-0.2, -0.15) is 0 Å². The summed E-state index contributed by atoms with van der Waals surface area (Å²) in [6, 6.07) is 1.97. The van der Waals surface area contributed by atoms with Crippen LogP contribution < -0.4 is 5.73 Å². The first-order chi connectivity index (χ1) is 20.4. The molecule has 1 saturated carbocycles. The maximum atomic E-state index is 14.1. The second kappa shape index (κ2) is 12.3. The van der Waals surface area contributed by atoms with Crippen molar-refractivity contribution in [2.24, 2.45) is 17.6 Å². The Balaban J connectivity index is 0.00000259. The van der Waals surface area contributed by atoms with Crippen LogP contribution in [0.15, 0.2) is 29.0 Å². The topological polar surface area (TPSA) is 208 Å². The highest BCUT2D eigenvalue weighted by Gasteiger charge is 2.68. The van der Waals surface area contributed by atoms with Crippen molar-refractivity contribution in [1.82, 2.24) is 4.90 Å². The molecule has 1 fully saturated rings. The molecule has 1 amide bonds. The van der Waals surface area contributed by atoms with Crippen LogP contribution >= 0.6 is 0 Å². The summed E-state index contributed by atoms with van der Waals surface area (Å²) < 4.78 is 5.01. The van der Waals surface area contributed by atoms with Crippen molar-refractivity contribution in [3.63, 3.8) is 0 Å². The molecule has 0 bridgehead atoms. The summed E-state index contributed by atoms with van der Waals surface area (Å²) in [6.45, 7) is 10.9. The van der Waals surface area contributed by atoms with Gasteiger partial charge in [0.2, 0.25) is 5.78 Å². The molecule has 4 rings (SSSR count). The lowest BCUT2D eigenvalue weighted by Crippen LogP contribution is -2.70. The summed E-state index contributed by atoms with van der Waals surface area (Å²) in [5.74, 6) is -9.63. The molecule has 0 aromatic heterocycles. The Morgan fingerprint density at radius 1 is 1.11 bits per heavy atom. The highest BCUT2D eigenvalue weighted by atomic mass is 16.5. The third-order valence-electron chi connectivity index (χ3n) is 9.11. The van der Waals surface area contributed by atoms with Crippen molar-refractivity contribution in [2.45, 2.75) is 83.5 Å². The number of ether oxygens (including phenoxy) is 1. The van der Waals surface area contributed by atoms with Gasteiger partial charge in [0, 0.05) is 24.0 Å². The van der Waals surface area contributed by atoms with Gasteiger partial charge in [-0.25, -0.2) is 0 Å². The number of likely N-dealkylation sites (N-methyl/N-ethyl adjacent to an activating group) is 1. The summed E-state index contributed by atoms with van der Waals surface area (Å²) in [5.41, 5.74) is 1.13. The third-order valence-corrected chi connectivity index (χ3v) is 9.11. The Morgan fingerprint density at radius 3 is 2.23 bits per heavy atom. The fraction of sp³-hybridized carbons (Fsp3) is 0.562. The number of benzene rings is 1. The van der Waals surface area contributed by atoms with E-state index in [0.29, 0.717) is 24.0 Å². The van der Waals surface area contributed by atoms with E-state index in [1.807, 2.05) is 27.7 Å². The number of phenols is 1. The molecule has 44 heavy (non-hydrogen) atoms. The van der Waals surface area contributed by atoms with Crippen molar-refractivity contribution >= 4 is 29.2 Å². The Hall–Kier alpha value is -3.74. The zero-order chi connectivity index (χ0) is 33.6. The Labute approximate surface area is 256 Å². The first-order valence-corrected chi connectivity index (χ1v) is 14.7. The van der Waals surface area contributed by atoms with Crippen molar-refractivity contribution < 1.29 is 49.4 Å². The number of rotatable bonds is 7. The minimum Gasteiger partial charge on any atom is -0.508 e. The lowest BCUT2D eigenvalue weighted by atomic mass is 9.54. The molecular formula is C32H44N2O10. The predicted octanol–water partition coefficient (Wildman–Crippen LogP) is 2.14. The molecule has 0 aliphatic heterocycles. The Kier molecular flexibility index (Phi) is 9.74. The van der Waals surface area contributed by atoms with E-state index in [1.165, 1.54) is 25.9 Å². The standard InChI is InChI=1S/C30H38N2O10.C2H6/c1-12-14-8-9-15(29(3,4)10-7-11-42-13(2)33)22(34)17(14)23(35)18-16(12)24(36)20-21(32(5)6)25(37)19(28(31)40)27(39)30(20,41)26(18)38;1-2/h8-9,12,16,20-21,24,34-36,39,41H,7,10-11H2,1-6H3,(H2,31,40);1-2H3/t12-,16+,20+,21-,24-,30-;/m0./s1. The van der Waals surface area contributed by atoms with E-state index in [2.05, 4.69) is 0 Å². The van der Waals surface area contributed by atoms with Gasteiger partial charge in [0.05, 0.1) is 30.2 Å². The van der Waals surface area contributed by atoms with E-state index in [0.717, 1.165) is 0 Å². The molecule has 6 atom stereocenters.